The van der Waals surface area contributed by atoms with Gasteiger partial charge in [0.2, 0.25) is 0 Å². The average Bonchev–Trinajstić information content (AvgIpc) is 2.42. The van der Waals surface area contributed by atoms with E-state index in [0.29, 0.717) is 12.4 Å². The molecule has 0 aromatic heterocycles. The minimum atomic E-state index is -0.431. The third-order valence-electron chi connectivity index (χ3n) is 2.20. The van der Waals surface area contributed by atoms with Gasteiger partial charge in [-0.25, -0.2) is 0 Å². The van der Waals surface area contributed by atoms with Crippen molar-refractivity contribution >= 4 is 17.4 Å². The van der Waals surface area contributed by atoms with Crippen LogP contribution >= 0.6 is 11.8 Å². The number of rotatable bonds is 9. The maximum Gasteiger partial charge on any atom is 0.269 e. The zero-order valence-electron chi connectivity index (χ0n) is 10.5. The van der Waals surface area contributed by atoms with Crippen LogP contribution in [0.15, 0.2) is 24.3 Å². The van der Waals surface area contributed by atoms with Gasteiger partial charge in [0.15, 0.2) is 0 Å². The summed E-state index contributed by atoms with van der Waals surface area (Å²) in [6.45, 7) is 2.14. The summed E-state index contributed by atoms with van der Waals surface area (Å²) in [7, 11) is 0. The van der Waals surface area contributed by atoms with Crippen LogP contribution in [0.1, 0.15) is 0 Å². The zero-order chi connectivity index (χ0) is 13.9. The average molecular weight is 280 g/mol. The van der Waals surface area contributed by atoms with Gasteiger partial charge in [-0.1, -0.05) is 5.92 Å². The Balaban J connectivity index is 2.09. The lowest BCUT2D eigenvalue weighted by atomic mass is 10.3. The molecule has 0 fully saturated rings. The minimum absolute atomic E-state index is 0.0658. The molecular weight excluding hydrogens is 264 g/mol. The van der Waals surface area contributed by atoms with E-state index in [1.54, 1.807) is 23.9 Å². The van der Waals surface area contributed by atoms with Crippen LogP contribution in [-0.4, -0.2) is 36.1 Å². The molecule has 1 rings (SSSR count). The van der Waals surface area contributed by atoms with Crippen LogP contribution in [0, 0.1) is 22.5 Å². The molecule has 102 valence electrons. The highest BCUT2D eigenvalue weighted by atomic mass is 32.2. The first kappa shape index (κ1) is 15.3. The first-order valence-electron chi connectivity index (χ1n) is 5.83. The van der Waals surface area contributed by atoms with Gasteiger partial charge >= 0.3 is 0 Å². The second kappa shape index (κ2) is 9.25. The highest BCUT2D eigenvalue weighted by Gasteiger charge is 2.03. The molecule has 0 aliphatic heterocycles. The third-order valence-corrected chi connectivity index (χ3v) is 3.07. The molecular formula is C13H16N2O3S. The van der Waals surface area contributed by atoms with Crippen molar-refractivity contribution in [1.29, 1.82) is 0 Å². The van der Waals surface area contributed by atoms with Crippen LogP contribution in [0.5, 0.6) is 5.75 Å². The lowest BCUT2D eigenvalue weighted by Crippen LogP contribution is -2.23. The maximum absolute atomic E-state index is 10.5. The van der Waals surface area contributed by atoms with Crippen LogP contribution in [0.2, 0.25) is 0 Å². The van der Waals surface area contributed by atoms with E-state index in [-0.39, 0.29) is 5.69 Å². The van der Waals surface area contributed by atoms with Crippen molar-refractivity contribution in [1.82, 2.24) is 5.32 Å². The Kier molecular flexibility index (Phi) is 7.47. The largest absolute Gasteiger partial charge is 0.492 e. The Morgan fingerprint density at radius 3 is 2.74 bits per heavy atom. The number of thioether (sulfide) groups is 1. The summed E-state index contributed by atoms with van der Waals surface area (Å²) >= 11 is 1.71. The van der Waals surface area contributed by atoms with Crippen LogP contribution in [0.3, 0.4) is 0 Å². The van der Waals surface area contributed by atoms with Crippen molar-refractivity contribution in [3.63, 3.8) is 0 Å². The van der Waals surface area contributed by atoms with Crippen molar-refractivity contribution in [3.05, 3.63) is 34.4 Å². The standard InChI is InChI=1S/C13H16N2O3S/c1-2-10-19-11-8-14-7-9-18-13-5-3-12(4-6-13)15(16)17/h1,3-6,14H,7-11H2. The molecule has 19 heavy (non-hydrogen) atoms. The van der Waals surface area contributed by atoms with Crippen molar-refractivity contribution in [2.75, 3.05) is 31.2 Å². The number of ether oxygens (including phenoxy) is 1. The normalized spacial score (nSPS) is 9.84. The molecule has 1 aromatic rings. The Hall–Kier alpha value is -1.71. The number of non-ortho nitro benzene ring substituents is 1. The van der Waals surface area contributed by atoms with E-state index < -0.39 is 4.92 Å². The Morgan fingerprint density at radius 2 is 2.11 bits per heavy atom. The molecule has 6 heteroatoms. The summed E-state index contributed by atoms with van der Waals surface area (Å²) in [4.78, 5) is 10.0. The van der Waals surface area contributed by atoms with E-state index >= 15 is 0 Å². The molecule has 1 aromatic carbocycles. The van der Waals surface area contributed by atoms with Gasteiger partial charge in [0, 0.05) is 31.0 Å². The van der Waals surface area contributed by atoms with Crippen LogP contribution in [0.4, 0.5) is 5.69 Å². The van der Waals surface area contributed by atoms with E-state index in [2.05, 4.69) is 11.2 Å². The predicted octanol–water partition coefficient (Wildman–Crippen LogP) is 1.93. The van der Waals surface area contributed by atoms with Crippen molar-refractivity contribution < 1.29 is 9.66 Å². The van der Waals surface area contributed by atoms with Gasteiger partial charge < -0.3 is 10.1 Å². The van der Waals surface area contributed by atoms with Gasteiger partial charge in [0.25, 0.3) is 5.69 Å². The van der Waals surface area contributed by atoms with E-state index in [1.165, 1.54) is 12.1 Å². The molecule has 0 spiro atoms. The summed E-state index contributed by atoms with van der Waals surface area (Å²) in [5.74, 6) is 4.91. The fourth-order valence-corrected chi connectivity index (χ4v) is 1.86. The van der Waals surface area contributed by atoms with E-state index in [9.17, 15) is 10.1 Å². The molecule has 0 amide bonds. The molecule has 0 bridgehead atoms. The fourth-order valence-electron chi connectivity index (χ4n) is 1.31. The molecule has 0 unspecified atom stereocenters. The molecule has 0 aliphatic carbocycles. The number of benzene rings is 1. The lowest BCUT2D eigenvalue weighted by Gasteiger charge is -2.07. The molecule has 0 radical (unpaired) electrons. The van der Waals surface area contributed by atoms with E-state index in [4.69, 9.17) is 11.2 Å². The first-order valence-corrected chi connectivity index (χ1v) is 6.98. The molecule has 0 saturated heterocycles. The topological polar surface area (TPSA) is 64.4 Å². The highest BCUT2D eigenvalue weighted by molar-refractivity contribution is 7.99. The quantitative estimate of drug-likeness (QED) is 0.324. The van der Waals surface area contributed by atoms with E-state index in [0.717, 1.165) is 24.6 Å². The number of terminal acetylenes is 1. The number of nitro benzene ring substituents is 1. The summed E-state index contributed by atoms with van der Waals surface area (Å²) in [5, 5.41) is 13.7. The van der Waals surface area contributed by atoms with Gasteiger partial charge in [0.1, 0.15) is 12.4 Å². The monoisotopic (exact) mass is 280 g/mol. The van der Waals surface area contributed by atoms with Gasteiger partial charge in [-0.05, 0) is 12.1 Å². The van der Waals surface area contributed by atoms with E-state index in [1.807, 2.05) is 0 Å². The first-order chi connectivity index (χ1) is 9.24. The number of hydrogen-bond acceptors (Lipinski definition) is 5. The molecule has 5 nitrogen and oxygen atoms in total. The molecule has 0 aliphatic rings. The molecule has 1 N–H and O–H groups in total. The zero-order valence-corrected chi connectivity index (χ0v) is 11.3. The SMILES string of the molecule is C#CCSCCNCCOc1ccc([N+](=O)[O-])cc1. The van der Waals surface area contributed by atoms with Gasteiger partial charge in [-0.3, -0.25) is 10.1 Å². The fraction of sp³-hybridized carbons (Fsp3) is 0.385. The van der Waals surface area contributed by atoms with Crippen molar-refractivity contribution in [2.45, 2.75) is 0 Å². The summed E-state index contributed by atoms with van der Waals surface area (Å²) in [6, 6.07) is 6.06. The van der Waals surface area contributed by atoms with Crippen LogP contribution in [0.25, 0.3) is 0 Å². The summed E-state index contributed by atoms with van der Waals surface area (Å²) in [6.07, 6.45) is 5.13. The van der Waals surface area contributed by atoms with Gasteiger partial charge in [-0.2, -0.15) is 0 Å². The number of nitrogens with zero attached hydrogens (tertiary/aromatic N) is 1. The third kappa shape index (κ3) is 6.70. The Morgan fingerprint density at radius 1 is 1.37 bits per heavy atom. The van der Waals surface area contributed by atoms with Crippen molar-refractivity contribution in [3.8, 4) is 18.1 Å². The second-order valence-corrected chi connectivity index (χ2v) is 4.71. The number of hydrogen-bond donors (Lipinski definition) is 1. The second-order valence-electron chi connectivity index (χ2n) is 3.61. The van der Waals surface area contributed by atoms with Crippen LogP contribution in [-0.2, 0) is 0 Å². The molecule has 0 heterocycles. The Labute approximate surface area is 116 Å². The minimum Gasteiger partial charge on any atom is -0.492 e. The Bertz CT molecular complexity index is 429. The number of nitro groups is 1. The molecule has 0 atom stereocenters. The van der Waals surface area contributed by atoms with Crippen molar-refractivity contribution in [2.24, 2.45) is 0 Å². The van der Waals surface area contributed by atoms with Gasteiger partial charge in [-0.15, -0.1) is 18.2 Å². The van der Waals surface area contributed by atoms with Crippen LogP contribution < -0.4 is 10.1 Å². The maximum atomic E-state index is 10.5. The lowest BCUT2D eigenvalue weighted by molar-refractivity contribution is -0.384. The summed E-state index contributed by atoms with van der Waals surface area (Å²) < 4.78 is 5.44. The predicted molar refractivity (Wildman–Crippen MR) is 77.6 cm³/mol. The number of nitrogens with one attached hydrogen (secondary N) is 1. The highest BCUT2D eigenvalue weighted by Crippen LogP contribution is 2.16. The smallest absolute Gasteiger partial charge is 0.269 e. The summed E-state index contributed by atoms with van der Waals surface area (Å²) in [5.41, 5.74) is 0.0658. The molecule has 0 saturated carbocycles. The van der Waals surface area contributed by atoms with Gasteiger partial charge in [0.05, 0.1) is 10.7 Å².